The third kappa shape index (κ3) is 2.61. The lowest BCUT2D eigenvalue weighted by atomic mass is 10.2. The molecule has 1 heterocycles. The predicted molar refractivity (Wildman–Crippen MR) is 67.9 cm³/mol. The molecule has 0 amide bonds. The van der Waals surface area contributed by atoms with Crippen LogP contribution in [0, 0.1) is 0 Å². The fourth-order valence-electron chi connectivity index (χ4n) is 1.59. The molecule has 0 saturated heterocycles. The first-order valence-electron chi connectivity index (χ1n) is 5.55. The summed E-state index contributed by atoms with van der Waals surface area (Å²) in [5.41, 5.74) is 0. The zero-order chi connectivity index (χ0) is 11.4. The third-order valence-electron chi connectivity index (χ3n) is 2.40. The van der Waals surface area contributed by atoms with Crippen LogP contribution >= 0.6 is 11.3 Å². The summed E-state index contributed by atoms with van der Waals surface area (Å²) in [5.74, 6) is 0. The van der Waals surface area contributed by atoms with Crippen LogP contribution in [0.5, 0.6) is 0 Å². The Morgan fingerprint density at radius 1 is 1.38 bits per heavy atom. The Labute approximate surface area is 99.5 Å². The van der Waals surface area contributed by atoms with Crippen molar-refractivity contribution in [1.29, 1.82) is 0 Å². The van der Waals surface area contributed by atoms with Crippen molar-refractivity contribution in [3.8, 4) is 0 Å². The van der Waals surface area contributed by atoms with Crippen LogP contribution in [0.2, 0.25) is 0 Å². The average Bonchev–Trinajstić information content (AvgIpc) is 2.73. The molecule has 0 spiro atoms. The van der Waals surface area contributed by atoms with E-state index in [1.54, 1.807) is 11.3 Å². The molecule has 0 aliphatic rings. The number of ether oxygens (including phenoxy) is 1. The summed E-state index contributed by atoms with van der Waals surface area (Å²) >= 11 is 1.63. The summed E-state index contributed by atoms with van der Waals surface area (Å²) < 4.78 is 6.57. The van der Waals surface area contributed by atoms with Crippen LogP contribution in [-0.2, 0) is 4.74 Å². The Bertz CT molecular complexity index is 417. The summed E-state index contributed by atoms with van der Waals surface area (Å²) in [5, 5.41) is 11.1. The number of hydrogen-bond acceptors (Lipinski definition) is 3. The lowest BCUT2D eigenvalue weighted by molar-refractivity contribution is 0.0382. The van der Waals surface area contributed by atoms with Gasteiger partial charge in [-0.3, -0.25) is 0 Å². The van der Waals surface area contributed by atoms with E-state index in [1.807, 2.05) is 18.2 Å². The van der Waals surface area contributed by atoms with Crippen LogP contribution < -0.4 is 0 Å². The molecule has 1 aromatic carbocycles. The smallest absolute Gasteiger partial charge is 0.111 e. The molecule has 0 radical (unpaired) electrons. The van der Waals surface area contributed by atoms with Crippen molar-refractivity contribution in [3.63, 3.8) is 0 Å². The average molecular weight is 236 g/mol. The largest absolute Gasteiger partial charge is 0.385 e. The van der Waals surface area contributed by atoms with E-state index in [9.17, 15) is 5.11 Å². The number of hydrogen-bond donors (Lipinski definition) is 1. The lowest BCUT2D eigenvalue weighted by Crippen LogP contribution is -2.05. The standard InChI is InChI=1S/C13H16O2S/c1-2-7-15-9-11(14)13-8-10-5-3-4-6-12(10)16-13/h3-6,8,11,14H,2,7,9H2,1H3. The molecule has 1 aromatic heterocycles. The van der Waals surface area contributed by atoms with Crippen LogP contribution in [0.3, 0.4) is 0 Å². The van der Waals surface area contributed by atoms with Gasteiger partial charge in [0.15, 0.2) is 0 Å². The second-order valence-electron chi connectivity index (χ2n) is 3.78. The third-order valence-corrected chi connectivity index (χ3v) is 3.61. The summed E-state index contributed by atoms with van der Waals surface area (Å²) in [7, 11) is 0. The monoisotopic (exact) mass is 236 g/mol. The minimum atomic E-state index is -0.496. The van der Waals surface area contributed by atoms with Gasteiger partial charge >= 0.3 is 0 Å². The normalized spacial score (nSPS) is 13.1. The van der Waals surface area contributed by atoms with Gasteiger partial charge in [0, 0.05) is 16.2 Å². The van der Waals surface area contributed by atoms with Gasteiger partial charge in [-0.05, 0) is 23.9 Å². The Hall–Kier alpha value is -0.900. The van der Waals surface area contributed by atoms with E-state index in [1.165, 1.54) is 10.1 Å². The van der Waals surface area contributed by atoms with E-state index in [0.29, 0.717) is 13.2 Å². The summed E-state index contributed by atoms with van der Waals surface area (Å²) in [6.07, 6.45) is 0.489. The zero-order valence-corrected chi connectivity index (χ0v) is 10.2. The first-order valence-corrected chi connectivity index (χ1v) is 6.37. The van der Waals surface area contributed by atoms with Gasteiger partial charge in [-0.15, -0.1) is 11.3 Å². The van der Waals surface area contributed by atoms with E-state index in [2.05, 4.69) is 19.1 Å². The van der Waals surface area contributed by atoms with E-state index >= 15 is 0 Å². The number of thiophene rings is 1. The molecule has 0 aliphatic carbocycles. The lowest BCUT2D eigenvalue weighted by Gasteiger charge is -2.08. The molecule has 86 valence electrons. The number of aliphatic hydroxyl groups is 1. The van der Waals surface area contributed by atoms with Gasteiger partial charge in [-0.1, -0.05) is 25.1 Å². The van der Waals surface area contributed by atoms with Crippen molar-refractivity contribution in [3.05, 3.63) is 35.2 Å². The molecule has 1 unspecified atom stereocenters. The molecular weight excluding hydrogens is 220 g/mol. The Morgan fingerprint density at radius 2 is 2.19 bits per heavy atom. The zero-order valence-electron chi connectivity index (χ0n) is 9.35. The number of aliphatic hydroxyl groups excluding tert-OH is 1. The first-order chi connectivity index (χ1) is 7.81. The number of rotatable bonds is 5. The molecule has 0 bridgehead atoms. The molecule has 0 aliphatic heterocycles. The van der Waals surface area contributed by atoms with Crippen LogP contribution in [0.1, 0.15) is 24.3 Å². The molecule has 2 aromatic rings. The maximum Gasteiger partial charge on any atom is 0.111 e. The second kappa shape index (κ2) is 5.43. The van der Waals surface area contributed by atoms with E-state index in [0.717, 1.165) is 11.3 Å². The molecule has 3 heteroatoms. The van der Waals surface area contributed by atoms with Crippen molar-refractivity contribution in [2.75, 3.05) is 13.2 Å². The minimum absolute atomic E-state index is 0.390. The molecular formula is C13H16O2S. The second-order valence-corrected chi connectivity index (χ2v) is 4.89. The fourth-order valence-corrected chi connectivity index (χ4v) is 2.62. The fraction of sp³-hybridized carbons (Fsp3) is 0.385. The molecule has 0 fully saturated rings. The van der Waals surface area contributed by atoms with Crippen molar-refractivity contribution in [2.24, 2.45) is 0 Å². The van der Waals surface area contributed by atoms with Gasteiger partial charge in [0.2, 0.25) is 0 Å². The van der Waals surface area contributed by atoms with Gasteiger partial charge < -0.3 is 9.84 Å². The molecule has 1 atom stereocenters. The Morgan fingerprint density at radius 3 is 2.94 bits per heavy atom. The van der Waals surface area contributed by atoms with Crippen molar-refractivity contribution in [2.45, 2.75) is 19.4 Å². The molecule has 2 rings (SSSR count). The Kier molecular flexibility index (Phi) is 3.93. The van der Waals surface area contributed by atoms with Gasteiger partial charge in [0.25, 0.3) is 0 Å². The summed E-state index contributed by atoms with van der Waals surface area (Å²) in [6, 6.07) is 10.2. The quantitative estimate of drug-likeness (QED) is 0.807. The van der Waals surface area contributed by atoms with Crippen LogP contribution in [-0.4, -0.2) is 18.3 Å². The van der Waals surface area contributed by atoms with Crippen LogP contribution in [0.4, 0.5) is 0 Å². The maximum absolute atomic E-state index is 9.93. The molecule has 16 heavy (non-hydrogen) atoms. The SMILES string of the molecule is CCCOCC(O)c1cc2ccccc2s1. The minimum Gasteiger partial charge on any atom is -0.385 e. The highest BCUT2D eigenvalue weighted by molar-refractivity contribution is 7.19. The molecule has 0 saturated carbocycles. The van der Waals surface area contributed by atoms with Gasteiger partial charge in [-0.2, -0.15) is 0 Å². The highest BCUT2D eigenvalue weighted by Crippen LogP contribution is 2.29. The summed E-state index contributed by atoms with van der Waals surface area (Å²) in [4.78, 5) is 0.984. The van der Waals surface area contributed by atoms with Crippen LogP contribution in [0.15, 0.2) is 30.3 Å². The number of benzene rings is 1. The molecule has 2 nitrogen and oxygen atoms in total. The highest BCUT2D eigenvalue weighted by Gasteiger charge is 2.11. The van der Waals surface area contributed by atoms with Crippen LogP contribution in [0.25, 0.3) is 10.1 Å². The van der Waals surface area contributed by atoms with E-state index in [-0.39, 0.29) is 0 Å². The molecule has 1 N–H and O–H groups in total. The predicted octanol–water partition coefficient (Wildman–Crippen LogP) is 3.36. The van der Waals surface area contributed by atoms with E-state index in [4.69, 9.17) is 4.74 Å². The van der Waals surface area contributed by atoms with Gasteiger partial charge in [0.05, 0.1) is 6.61 Å². The maximum atomic E-state index is 9.93. The van der Waals surface area contributed by atoms with Gasteiger partial charge in [0.1, 0.15) is 6.10 Å². The van der Waals surface area contributed by atoms with Gasteiger partial charge in [-0.25, -0.2) is 0 Å². The number of fused-ring (bicyclic) bond motifs is 1. The summed E-state index contributed by atoms with van der Waals surface area (Å²) in [6.45, 7) is 3.16. The highest BCUT2D eigenvalue weighted by atomic mass is 32.1. The first kappa shape index (κ1) is 11.6. The Balaban J connectivity index is 2.07. The topological polar surface area (TPSA) is 29.5 Å². The van der Waals surface area contributed by atoms with E-state index < -0.39 is 6.10 Å². The van der Waals surface area contributed by atoms with Crippen molar-refractivity contribution >= 4 is 21.4 Å². The van der Waals surface area contributed by atoms with Crippen molar-refractivity contribution in [1.82, 2.24) is 0 Å². The van der Waals surface area contributed by atoms with Crippen molar-refractivity contribution < 1.29 is 9.84 Å².